The third-order valence-corrected chi connectivity index (χ3v) is 6.56. The fourth-order valence-electron chi connectivity index (χ4n) is 4.09. The topological polar surface area (TPSA) is 99.1 Å². The average Bonchev–Trinajstić information content (AvgIpc) is 3.17. The molecule has 0 radical (unpaired) electrons. The molecule has 1 aromatic carbocycles. The molecular formula is C23H38N6OS. The molecule has 0 aliphatic carbocycles. The Hall–Kier alpha value is -2.32. The fourth-order valence-corrected chi connectivity index (χ4v) is 4.75. The third-order valence-electron chi connectivity index (χ3n) is 5.72. The number of benzene rings is 1. The normalized spacial score (nSPS) is 15.7. The Morgan fingerprint density at radius 3 is 2.65 bits per heavy atom. The summed E-state index contributed by atoms with van der Waals surface area (Å²) < 4.78 is 0. The number of rotatable bonds is 7. The van der Waals surface area contributed by atoms with Crippen molar-refractivity contribution in [3.8, 4) is 0 Å². The van der Waals surface area contributed by atoms with Crippen LogP contribution in [0.4, 0.5) is 0 Å². The molecule has 1 aliphatic heterocycles. The van der Waals surface area contributed by atoms with Crippen molar-refractivity contribution in [1.29, 1.82) is 10.8 Å². The van der Waals surface area contributed by atoms with Crippen molar-refractivity contribution < 1.29 is 7.65 Å². The second-order valence-electron chi connectivity index (χ2n) is 8.09. The van der Waals surface area contributed by atoms with Crippen molar-refractivity contribution >= 4 is 38.8 Å². The standard InChI is InChI=1S/C23H34N6OS.2H2/c1-3-7-18(15-17-16-26-20-9-6-5-8-19(17)20)27-22(30)21(24)31-23(25)29-13-11-28(10-4-2)12-14-29;;/h5-6,8-9,16,18,24-26H,3-4,7,10-15H2,1-2H3,(H,27,30);2*1H. The number of hydrogen-bond donors (Lipinski definition) is 4. The van der Waals surface area contributed by atoms with Crippen LogP contribution in [-0.2, 0) is 11.2 Å². The summed E-state index contributed by atoms with van der Waals surface area (Å²) in [5.41, 5.74) is 2.26. The lowest BCUT2D eigenvalue weighted by molar-refractivity contribution is -0.115. The minimum atomic E-state index is -0.391. The Morgan fingerprint density at radius 2 is 1.94 bits per heavy atom. The number of nitrogens with one attached hydrogen (secondary N) is 4. The van der Waals surface area contributed by atoms with E-state index in [9.17, 15) is 4.79 Å². The first-order valence-corrected chi connectivity index (χ1v) is 12.0. The zero-order valence-electron chi connectivity index (χ0n) is 18.5. The molecule has 8 heteroatoms. The van der Waals surface area contributed by atoms with Crippen molar-refractivity contribution in [2.75, 3.05) is 32.7 Å². The number of thioether (sulfide) groups is 1. The Bertz CT molecular complexity index is 913. The predicted octanol–water partition coefficient (Wildman–Crippen LogP) is 4.16. The maximum atomic E-state index is 12.7. The van der Waals surface area contributed by atoms with Crippen molar-refractivity contribution in [3.63, 3.8) is 0 Å². The Labute approximate surface area is 191 Å². The number of hydrogen-bond acceptors (Lipinski definition) is 5. The largest absolute Gasteiger partial charge is 0.361 e. The molecular weight excluding hydrogens is 408 g/mol. The van der Waals surface area contributed by atoms with Crippen molar-refractivity contribution in [2.24, 2.45) is 0 Å². The van der Waals surface area contributed by atoms with E-state index in [0.29, 0.717) is 5.17 Å². The number of aromatic amines is 1. The first kappa shape index (κ1) is 23.3. The molecule has 7 nitrogen and oxygen atoms in total. The van der Waals surface area contributed by atoms with Gasteiger partial charge in [0.25, 0.3) is 5.91 Å². The van der Waals surface area contributed by atoms with Gasteiger partial charge in [-0.1, -0.05) is 38.5 Å². The van der Waals surface area contributed by atoms with Crippen LogP contribution in [-0.4, -0.2) is 69.7 Å². The van der Waals surface area contributed by atoms with Crippen molar-refractivity contribution in [2.45, 2.75) is 45.6 Å². The number of amides is 1. The van der Waals surface area contributed by atoms with Crippen LogP contribution in [0.15, 0.2) is 30.5 Å². The van der Waals surface area contributed by atoms with Gasteiger partial charge in [0.05, 0.1) is 0 Å². The SMILES string of the molecule is CCCC(Cc1c[nH]c2ccccc12)NC(=O)C(=N)SC(=N)N1CCN(CCC)CC1.[HH].[HH]. The van der Waals surface area contributed by atoms with Crippen LogP contribution < -0.4 is 5.32 Å². The lowest BCUT2D eigenvalue weighted by Gasteiger charge is -2.35. The number of carbonyl (C=O) groups is 1. The highest BCUT2D eigenvalue weighted by Gasteiger charge is 2.23. The summed E-state index contributed by atoms with van der Waals surface area (Å²) >= 11 is 0.955. The lowest BCUT2D eigenvalue weighted by Crippen LogP contribution is -2.48. The van der Waals surface area contributed by atoms with E-state index in [-0.39, 0.29) is 13.9 Å². The minimum Gasteiger partial charge on any atom is -0.361 e. The van der Waals surface area contributed by atoms with Gasteiger partial charge in [-0.05, 0) is 49.2 Å². The molecule has 2 aromatic rings. The van der Waals surface area contributed by atoms with Gasteiger partial charge in [-0.25, -0.2) is 0 Å². The number of nitrogens with zero attached hydrogens (tertiary/aromatic N) is 2. The quantitative estimate of drug-likeness (QED) is 0.379. The van der Waals surface area contributed by atoms with Gasteiger partial charge >= 0.3 is 0 Å². The van der Waals surface area contributed by atoms with E-state index in [0.717, 1.165) is 75.7 Å². The molecule has 1 amide bonds. The van der Waals surface area contributed by atoms with Crippen LogP contribution in [0.25, 0.3) is 10.9 Å². The molecule has 0 spiro atoms. The van der Waals surface area contributed by atoms with Gasteiger partial charge in [0.2, 0.25) is 0 Å². The molecule has 31 heavy (non-hydrogen) atoms. The van der Waals surface area contributed by atoms with Crippen LogP contribution >= 0.6 is 11.8 Å². The van der Waals surface area contributed by atoms with Crippen LogP contribution in [0.3, 0.4) is 0 Å². The molecule has 1 aromatic heterocycles. The zero-order chi connectivity index (χ0) is 22.2. The molecule has 1 atom stereocenters. The van der Waals surface area contributed by atoms with Gasteiger partial charge in [0.1, 0.15) is 0 Å². The molecule has 1 unspecified atom stereocenters. The Kier molecular flexibility index (Phi) is 8.54. The molecule has 1 aliphatic rings. The fraction of sp³-hybridized carbons (Fsp3) is 0.522. The van der Waals surface area contributed by atoms with Crippen LogP contribution in [0, 0.1) is 10.8 Å². The highest BCUT2D eigenvalue weighted by molar-refractivity contribution is 8.27. The molecule has 0 bridgehead atoms. The third kappa shape index (κ3) is 6.33. The van der Waals surface area contributed by atoms with E-state index in [2.05, 4.69) is 35.1 Å². The van der Waals surface area contributed by atoms with Crippen molar-refractivity contribution in [3.05, 3.63) is 36.0 Å². The molecule has 4 N–H and O–H groups in total. The lowest BCUT2D eigenvalue weighted by atomic mass is 10.0. The van der Waals surface area contributed by atoms with Crippen LogP contribution in [0.1, 0.15) is 41.5 Å². The van der Waals surface area contributed by atoms with E-state index in [1.165, 1.54) is 10.9 Å². The highest BCUT2D eigenvalue weighted by Crippen LogP contribution is 2.20. The maximum Gasteiger partial charge on any atom is 0.276 e. The smallest absolute Gasteiger partial charge is 0.276 e. The number of carbonyl (C=O) groups excluding carboxylic acids is 1. The van der Waals surface area contributed by atoms with Gasteiger partial charge in [-0.2, -0.15) is 0 Å². The summed E-state index contributed by atoms with van der Waals surface area (Å²) in [6.45, 7) is 8.77. The first-order valence-electron chi connectivity index (χ1n) is 11.2. The van der Waals surface area contributed by atoms with E-state index in [1.807, 2.05) is 29.3 Å². The Balaban J connectivity index is 0.00000272. The predicted molar refractivity (Wildman–Crippen MR) is 134 cm³/mol. The van der Waals surface area contributed by atoms with Gasteiger partial charge in [0, 0.05) is 52.2 Å². The van der Waals surface area contributed by atoms with Gasteiger partial charge < -0.3 is 15.2 Å². The second kappa shape index (κ2) is 11.3. The Morgan fingerprint density at radius 1 is 1.19 bits per heavy atom. The number of piperazine rings is 1. The molecule has 2 heterocycles. The summed E-state index contributed by atoms with van der Waals surface area (Å²) in [5.74, 6) is -0.391. The summed E-state index contributed by atoms with van der Waals surface area (Å²) in [7, 11) is 0. The minimum absolute atomic E-state index is 0. The molecule has 172 valence electrons. The summed E-state index contributed by atoms with van der Waals surface area (Å²) in [5, 5.41) is 20.9. The van der Waals surface area contributed by atoms with Gasteiger partial charge in [-0.3, -0.25) is 20.5 Å². The molecule has 1 fully saturated rings. The second-order valence-corrected chi connectivity index (χ2v) is 9.09. The maximum absolute atomic E-state index is 12.7. The monoisotopic (exact) mass is 446 g/mol. The van der Waals surface area contributed by atoms with Crippen molar-refractivity contribution in [1.82, 2.24) is 20.1 Å². The first-order chi connectivity index (χ1) is 15.0. The van der Waals surface area contributed by atoms with Crippen LogP contribution in [0.2, 0.25) is 0 Å². The summed E-state index contributed by atoms with van der Waals surface area (Å²) in [6, 6.07) is 8.13. The van der Waals surface area contributed by atoms with E-state index in [4.69, 9.17) is 10.8 Å². The number of aromatic nitrogens is 1. The molecule has 0 saturated carbocycles. The van der Waals surface area contributed by atoms with E-state index < -0.39 is 5.91 Å². The van der Waals surface area contributed by atoms with E-state index >= 15 is 0 Å². The summed E-state index contributed by atoms with van der Waals surface area (Å²) in [4.78, 5) is 20.3. The van der Waals surface area contributed by atoms with Gasteiger partial charge in [0.15, 0.2) is 10.2 Å². The number of para-hydroxylation sites is 1. The number of H-pyrrole nitrogens is 1. The zero-order valence-corrected chi connectivity index (χ0v) is 19.4. The molecule has 3 rings (SSSR count). The highest BCUT2D eigenvalue weighted by atomic mass is 32.2. The number of fused-ring (bicyclic) bond motifs is 1. The number of amidine groups is 1. The average molecular weight is 447 g/mol. The van der Waals surface area contributed by atoms with E-state index in [1.54, 1.807) is 0 Å². The van der Waals surface area contributed by atoms with Crippen LogP contribution in [0.5, 0.6) is 0 Å². The van der Waals surface area contributed by atoms with Gasteiger partial charge in [-0.15, -0.1) is 0 Å². The molecule has 1 saturated heterocycles. The summed E-state index contributed by atoms with van der Waals surface area (Å²) in [6.07, 6.45) is 5.66.